The predicted molar refractivity (Wildman–Crippen MR) is 165 cm³/mol. The first-order valence-electron chi connectivity index (χ1n) is 15.1. The number of aromatic hydroxyl groups is 2. The first kappa shape index (κ1) is 30.4. The summed E-state index contributed by atoms with van der Waals surface area (Å²) < 4.78 is 1.31. The van der Waals surface area contributed by atoms with Crippen molar-refractivity contribution in [1.29, 1.82) is 0 Å². The summed E-state index contributed by atoms with van der Waals surface area (Å²) in [5.41, 5.74) is 4.45. The van der Waals surface area contributed by atoms with Crippen LogP contribution in [0.5, 0.6) is 11.6 Å². The van der Waals surface area contributed by atoms with Gasteiger partial charge in [-0.05, 0) is 112 Å². The van der Waals surface area contributed by atoms with E-state index in [1.54, 1.807) is 13.0 Å². The average molecular weight is 588 g/mol. The molecule has 43 heavy (non-hydrogen) atoms. The lowest BCUT2D eigenvalue weighted by Gasteiger charge is -2.31. The number of carbonyl (C=O) groups is 1. The van der Waals surface area contributed by atoms with Gasteiger partial charge in [0.15, 0.2) is 5.69 Å². The molecule has 1 saturated carbocycles. The standard InChI is InChI=1S/C33H41N5O5/c1-5-37(24-11-12-24)18-27-22(4)30(33(43)38(32(27)42)25-10-9-20(2)21(3)17-25)35-34-28-8-6-7-26(31(28)41)23-13-15-36(16-14-23)19-29(39)40/h6-10,17,23-24,41-42H,5,11-16,18-19H2,1-4H3,(H,39,40). The smallest absolute Gasteiger partial charge is 0.317 e. The molecule has 1 saturated heterocycles. The molecule has 0 unspecified atom stereocenters. The average Bonchev–Trinajstić information content (AvgIpc) is 3.81. The van der Waals surface area contributed by atoms with Crippen molar-refractivity contribution < 1.29 is 20.1 Å². The van der Waals surface area contributed by atoms with Crippen LogP contribution in [-0.2, 0) is 11.3 Å². The van der Waals surface area contributed by atoms with Crippen LogP contribution >= 0.6 is 0 Å². The predicted octanol–water partition coefficient (Wildman–Crippen LogP) is 5.84. The Balaban J connectivity index is 1.52. The lowest BCUT2D eigenvalue weighted by molar-refractivity contribution is -0.138. The van der Waals surface area contributed by atoms with Gasteiger partial charge in [0, 0.05) is 18.2 Å². The Morgan fingerprint density at radius 1 is 1.00 bits per heavy atom. The normalized spacial score (nSPS) is 16.4. The van der Waals surface area contributed by atoms with Crippen LogP contribution in [0, 0.1) is 20.8 Å². The van der Waals surface area contributed by atoms with Gasteiger partial charge in [-0.25, -0.2) is 4.57 Å². The molecule has 1 aliphatic carbocycles. The maximum Gasteiger partial charge on any atom is 0.317 e. The number of pyridine rings is 1. The van der Waals surface area contributed by atoms with Gasteiger partial charge in [-0.3, -0.25) is 19.4 Å². The number of aryl methyl sites for hydroxylation is 2. The molecule has 10 heteroatoms. The Bertz CT molecular complexity index is 1600. The van der Waals surface area contributed by atoms with Crippen LogP contribution in [0.4, 0.5) is 11.4 Å². The van der Waals surface area contributed by atoms with Gasteiger partial charge in [0.05, 0.1) is 12.2 Å². The van der Waals surface area contributed by atoms with Gasteiger partial charge in [0.1, 0.15) is 11.4 Å². The summed E-state index contributed by atoms with van der Waals surface area (Å²) in [7, 11) is 0. The summed E-state index contributed by atoms with van der Waals surface area (Å²) in [6, 6.07) is 11.4. The zero-order valence-electron chi connectivity index (χ0n) is 25.4. The number of azo groups is 1. The summed E-state index contributed by atoms with van der Waals surface area (Å²) in [6.45, 7) is 10.4. The van der Waals surface area contributed by atoms with Gasteiger partial charge in [0.2, 0.25) is 5.88 Å². The molecule has 1 aromatic heterocycles. The van der Waals surface area contributed by atoms with Crippen molar-refractivity contribution in [3.05, 3.63) is 74.6 Å². The molecule has 2 aliphatic rings. The Morgan fingerprint density at radius 3 is 2.35 bits per heavy atom. The second kappa shape index (κ2) is 12.7. The van der Waals surface area contributed by atoms with E-state index in [0.717, 1.165) is 48.9 Å². The number of nitrogens with zero attached hydrogens (tertiary/aromatic N) is 5. The van der Waals surface area contributed by atoms with Crippen LogP contribution in [0.15, 0.2) is 51.4 Å². The number of phenolic OH excluding ortho intramolecular Hbond substituents is 1. The minimum absolute atomic E-state index is 0.0112. The molecule has 10 nitrogen and oxygen atoms in total. The quantitative estimate of drug-likeness (QED) is 0.254. The number of para-hydroxylation sites is 1. The third-order valence-electron chi connectivity index (χ3n) is 8.96. The van der Waals surface area contributed by atoms with Crippen molar-refractivity contribution >= 4 is 17.3 Å². The van der Waals surface area contributed by atoms with E-state index in [9.17, 15) is 19.8 Å². The number of aromatic nitrogens is 1. The molecule has 2 aromatic carbocycles. The van der Waals surface area contributed by atoms with Crippen molar-refractivity contribution in [2.75, 3.05) is 26.2 Å². The van der Waals surface area contributed by atoms with E-state index in [1.807, 2.05) is 49.1 Å². The lowest BCUT2D eigenvalue weighted by Crippen LogP contribution is -2.36. The highest BCUT2D eigenvalue weighted by atomic mass is 16.4. The first-order chi connectivity index (χ1) is 20.6. The number of aliphatic carboxylic acids is 1. The molecule has 0 bridgehead atoms. The van der Waals surface area contributed by atoms with Crippen molar-refractivity contribution in [3.63, 3.8) is 0 Å². The molecule has 3 N–H and O–H groups in total. The number of hydrogen-bond donors (Lipinski definition) is 3. The fraction of sp³-hybridized carbons (Fsp3) is 0.455. The van der Waals surface area contributed by atoms with E-state index in [1.165, 1.54) is 4.57 Å². The van der Waals surface area contributed by atoms with E-state index >= 15 is 0 Å². The van der Waals surface area contributed by atoms with Crippen LogP contribution in [0.2, 0.25) is 0 Å². The van der Waals surface area contributed by atoms with E-state index < -0.39 is 11.5 Å². The van der Waals surface area contributed by atoms with Crippen molar-refractivity contribution in [1.82, 2.24) is 14.4 Å². The Labute approximate surface area is 251 Å². The molecule has 2 fully saturated rings. The zero-order chi connectivity index (χ0) is 30.8. The van der Waals surface area contributed by atoms with Gasteiger partial charge in [-0.1, -0.05) is 25.1 Å². The molecular weight excluding hydrogens is 546 g/mol. The largest absolute Gasteiger partial charge is 0.505 e. The topological polar surface area (TPSA) is 131 Å². The highest BCUT2D eigenvalue weighted by Gasteiger charge is 2.30. The van der Waals surface area contributed by atoms with E-state index in [-0.39, 0.29) is 35.5 Å². The number of likely N-dealkylation sites (tertiary alicyclic amines) is 1. The zero-order valence-corrected chi connectivity index (χ0v) is 25.4. The summed E-state index contributed by atoms with van der Waals surface area (Å²) in [5.74, 6) is -0.863. The highest BCUT2D eigenvalue weighted by Crippen LogP contribution is 2.40. The number of carboxylic acids is 1. The Hall–Kier alpha value is -4.02. The molecule has 2 heterocycles. The third-order valence-corrected chi connectivity index (χ3v) is 8.96. The molecule has 5 rings (SSSR count). The maximum atomic E-state index is 13.9. The number of rotatable bonds is 10. The number of benzene rings is 2. The minimum atomic E-state index is -0.845. The van der Waals surface area contributed by atoms with Crippen LogP contribution in [0.1, 0.15) is 66.3 Å². The Morgan fingerprint density at radius 2 is 1.72 bits per heavy atom. The van der Waals surface area contributed by atoms with E-state index in [4.69, 9.17) is 5.11 Å². The summed E-state index contributed by atoms with van der Waals surface area (Å²) in [6.07, 6.45) is 3.67. The summed E-state index contributed by atoms with van der Waals surface area (Å²) in [4.78, 5) is 29.2. The fourth-order valence-electron chi connectivity index (χ4n) is 6.02. The van der Waals surface area contributed by atoms with Crippen LogP contribution in [0.25, 0.3) is 5.69 Å². The van der Waals surface area contributed by atoms with E-state index in [2.05, 4.69) is 22.1 Å². The monoisotopic (exact) mass is 587 g/mol. The SMILES string of the molecule is CCN(Cc1c(C)c(N=Nc2cccc(C3CCN(CC(=O)O)CC3)c2O)c(=O)n(-c2ccc(C)c(C)c2)c1O)C1CC1. The number of piperidine rings is 1. The maximum absolute atomic E-state index is 13.9. The fourth-order valence-corrected chi connectivity index (χ4v) is 6.02. The van der Waals surface area contributed by atoms with Crippen molar-refractivity contribution in [3.8, 4) is 17.3 Å². The summed E-state index contributed by atoms with van der Waals surface area (Å²) >= 11 is 0. The van der Waals surface area contributed by atoms with E-state index in [0.29, 0.717) is 42.5 Å². The molecule has 0 atom stereocenters. The van der Waals surface area contributed by atoms with Gasteiger partial charge in [-0.15, -0.1) is 10.2 Å². The molecule has 0 radical (unpaired) electrons. The van der Waals surface area contributed by atoms with Gasteiger partial charge in [-0.2, -0.15) is 0 Å². The molecule has 0 amide bonds. The molecule has 3 aromatic rings. The van der Waals surface area contributed by atoms with Gasteiger partial charge in [0.25, 0.3) is 5.56 Å². The number of phenols is 1. The Kier molecular flexibility index (Phi) is 8.98. The van der Waals surface area contributed by atoms with Gasteiger partial charge < -0.3 is 15.3 Å². The number of carboxylic acid groups (broad SMARTS) is 1. The highest BCUT2D eigenvalue weighted by molar-refractivity contribution is 5.69. The minimum Gasteiger partial charge on any atom is -0.505 e. The van der Waals surface area contributed by atoms with Crippen molar-refractivity contribution in [2.45, 2.75) is 71.9 Å². The van der Waals surface area contributed by atoms with Gasteiger partial charge >= 0.3 is 5.97 Å². The second-order valence-corrected chi connectivity index (χ2v) is 11.8. The lowest BCUT2D eigenvalue weighted by atomic mass is 9.88. The molecular formula is C33H41N5O5. The van der Waals surface area contributed by atoms with Crippen LogP contribution in [0.3, 0.4) is 0 Å². The number of hydrogen-bond acceptors (Lipinski definition) is 8. The second-order valence-electron chi connectivity index (χ2n) is 11.8. The first-order valence-corrected chi connectivity index (χ1v) is 15.1. The van der Waals surface area contributed by atoms with Crippen LogP contribution < -0.4 is 5.56 Å². The van der Waals surface area contributed by atoms with Crippen LogP contribution in [-0.4, -0.2) is 67.9 Å². The molecule has 228 valence electrons. The molecule has 0 spiro atoms. The molecule has 1 aliphatic heterocycles. The summed E-state index contributed by atoms with van der Waals surface area (Å²) in [5, 5.41) is 40.6. The third kappa shape index (κ3) is 6.50. The van der Waals surface area contributed by atoms with Crippen molar-refractivity contribution in [2.24, 2.45) is 10.2 Å².